The summed E-state index contributed by atoms with van der Waals surface area (Å²) in [6.45, 7) is 5.83. The van der Waals surface area contributed by atoms with Crippen molar-refractivity contribution in [2.45, 2.75) is 27.2 Å². The van der Waals surface area contributed by atoms with E-state index in [2.05, 4.69) is 0 Å². The van der Waals surface area contributed by atoms with Crippen LogP contribution in [-0.2, 0) is 6.42 Å². The Morgan fingerprint density at radius 3 is 2.17 bits per heavy atom. The number of hydrogen-bond acceptors (Lipinski definition) is 3. The van der Waals surface area contributed by atoms with Crippen molar-refractivity contribution in [3.8, 4) is 5.75 Å². The quantitative estimate of drug-likeness (QED) is 0.728. The van der Waals surface area contributed by atoms with E-state index in [0.717, 1.165) is 16.7 Å². The summed E-state index contributed by atoms with van der Waals surface area (Å²) < 4.78 is 0. The minimum absolute atomic E-state index is 0.119. The molecule has 1 N–H and O–H groups in total. The van der Waals surface area contributed by atoms with Crippen LogP contribution in [0.25, 0.3) is 0 Å². The molecule has 3 rings (SSSR count). The van der Waals surface area contributed by atoms with E-state index in [0.29, 0.717) is 23.1 Å². The largest absolute Gasteiger partial charge is 0.507 e. The second kappa shape index (κ2) is 5.51. The Bertz CT molecular complexity index is 869. The second-order valence-corrected chi connectivity index (χ2v) is 6.13. The van der Waals surface area contributed by atoms with Crippen LogP contribution in [0.3, 0.4) is 0 Å². The highest BCUT2D eigenvalue weighted by Gasteiger charge is 2.34. The molecule has 1 aliphatic rings. The van der Waals surface area contributed by atoms with E-state index in [1.54, 1.807) is 30.3 Å². The number of phenolic OH excluding ortho intramolecular Hbond substituents is 1. The summed E-state index contributed by atoms with van der Waals surface area (Å²) in [7, 11) is 0. The number of benzene rings is 2. The van der Waals surface area contributed by atoms with Gasteiger partial charge in [0.15, 0.2) is 11.6 Å². The van der Waals surface area contributed by atoms with Gasteiger partial charge in [0.25, 0.3) is 0 Å². The zero-order valence-corrected chi connectivity index (χ0v) is 13.4. The van der Waals surface area contributed by atoms with E-state index in [9.17, 15) is 14.7 Å². The van der Waals surface area contributed by atoms with Crippen LogP contribution in [0.2, 0.25) is 0 Å². The van der Waals surface area contributed by atoms with Crippen LogP contribution >= 0.6 is 0 Å². The molecule has 116 valence electrons. The second-order valence-electron chi connectivity index (χ2n) is 6.13. The molecule has 0 radical (unpaired) electrons. The Morgan fingerprint density at radius 2 is 1.61 bits per heavy atom. The molecule has 3 heteroatoms. The predicted octanol–water partition coefficient (Wildman–Crippen LogP) is 3.98. The lowest BCUT2D eigenvalue weighted by Gasteiger charge is -2.22. The molecular weight excluding hydrogens is 288 g/mol. The van der Waals surface area contributed by atoms with Crippen LogP contribution in [0.5, 0.6) is 5.75 Å². The first kappa shape index (κ1) is 15.2. The van der Waals surface area contributed by atoms with Crippen LogP contribution in [0.1, 0.15) is 56.8 Å². The Balaban J connectivity index is 2.31. The molecule has 0 heterocycles. The van der Waals surface area contributed by atoms with Crippen molar-refractivity contribution in [1.82, 2.24) is 0 Å². The number of aromatic hydroxyl groups is 1. The molecule has 3 nitrogen and oxygen atoms in total. The molecule has 0 fully saturated rings. The Labute approximate surface area is 135 Å². The van der Waals surface area contributed by atoms with Crippen LogP contribution < -0.4 is 0 Å². The number of ketones is 2. The van der Waals surface area contributed by atoms with Gasteiger partial charge in [0, 0.05) is 16.7 Å². The van der Waals surface area contributed by atoms with Crippen LogP contribution in [-0.4, -0.2) is 16.7 Å². The third kappa shape index (κ3) is 2.38. The van der Waals surface area contributed by atoms with E-state index in [-0.39, 0.29) is 22.9 Å². The number of carbonyl (C=O) groups is 2. The first-order chi connectivity index (χ1) is 10.9. The number of aryl methyl sites for hydroxylation is 1. The van der Waals surface area contributed by atoms with Crippen molar-refractivity contribution >= 4 is 11.6 Å². The number of hydrogen-bond donors (Lipinski definition) is 1. The maximum absolute atomic E-state index is 12.9. The zero-order valence-electron chi connectivity index (χ0n) is 13.4. The van der Waals surface area contributed by atoms with Gasteiger partial charge in [-0.05, 0) is 44.4 Å². The summed E-state index contributed by atoms with van der Waals surface area (Å²) in [6.07, 6.45) is 2.59. The lowest BCUT2D eigenvalue weighted by molar-refractivity contribution is 0.0976. The highest BCUT2D eigenvalue weighted by atomic mass is 16.3. The summed E-state index contributed by atoms with van der Waals surface area (Å²) in [5, 5.41) is 10.3. The maximum atomic E-state index is 12.9. The topological polar surface area (TPSA) is 54.4 Å². The van der Waals surface area contributed by atoms with Gasteiger partial charge in [-0.2, -0.15) is 0 Å². The molecule has 1 aliphatic carbocycles. The van der Waals surface area contributed by atoms with Crippen molar-refractivity contribution in [2.75, 3.05) is 0 Å². The van der Waals surface area contributed by atoms with Crippen LogP contribution in [0.15, 0.2) is 42.0 Å². The predicted molar refractivity (Wildman–Crippen MR) is 89.3 cm³/mol. The fraction of sp³-hybridized carbons (Fsp3) is 0.200. The van der Waals surface area contributed by atoms with Gasteiger partial charge in [0.1, 0.15) is 5.75 Å². The normalized spacial score (nSPS) is 12.7. The average molecular weight is 306 g/mol. The SMILES string of the molecule is CC(C)=CCc1c(C)cc(O)c2c1C(=O)c1ccccc1C2=O. The summed E-state index contributed by atoms with van der Waals surface area (Å²) >= 11 is 0. The van der Waals surface area contributed by atoms with Gasteiger partial charge in [-0.1, -0.05) is 35.9 Å². The molecule has 0 aromatic heterocycles. The molecule has 0 saturated heterocycles. The molecule has 0 unspecified atom stereocenters. The Hall–Kier alpha value is -2.68. The lowest BCUT2D eigenvalue weighted by atomic mass is 9.79. The third-order valence-electron chi connectivity index (χ3n) is 4.22. The smallest absolute Gasteiger partial charge is 0.198 e. The minimum atomic E-state index is -0.286. The molecular formula is C20H18O3. The van der Waals surface area contributed by atoms with E-state index in [1.807, 2.05) is 26.8 Å². The first-order valence-corrected chi connectivity index (χ1v) is 7.59. The molecule has 0 atom stereocenters. The van der Waals surface area contributed by atoms with Gasteiger partial charge in [-0.15, -0.1) is 0 Å². The van der Waals surface area contributed by atoms with Gasteiger partial charge in [0.05, 0.1) is 5.56 Å². The highest BCUT2D eigenvalue weighted by Crippen LogP contribution is 2.36. The molecule has 23 heavy (non-hydrogen) atoms. The number of allylic oxidation sites excluding steroid dienone is 2. The molecule has 2 aromatic carbocycles. The average Bonchev–Trinajstić information content (AvgIpc) is 2.51. The van der Waals surface area contributed by atoms with Crippen molar-refractivity contribution < 1.29 is 14.7 Å². The van der Waals surface area contributed by atoms with Gasteiger partial charge in [0.2, 0.25) is 0 Å². The molecule has 2 aromatic rings. The molecule has 0 amide bonds. The maximum Gasteiger partial charge on any atom is 0.198 e. The number of rotatable bonds is 2. The van der Waals surface area contributed by atoms with E-state index >= 15 is 0 Å². The molecule has 0 bridgehead atoms. The zero-order chi connectivity index (χ0) is 16.7. The van der Waals surface area contributed by atoms with Crippen molar-refractivity contribution in [3.63, 3.8) is 0 Å². The van der Waals surface area contributed by atoms with Crippen molar-refractivity contribution in [1.29, 1.82) is 0 Å². The highest BCUT2D eigenvalue weighted by molar-refractivity contribution is 6.29. The number of carbonyl (C=O) groups excluding carboxylic acids is 2. The standard InChI is InChI=1S/C20H18O3/c1-11(2)8-9-13-12(3)10-16(21)18-17(13)19(22)14-6-4-5-7-15(14)20(18)23/h4-8,10,21H,9H2,1-3H3. The minimum Gasteiger partial charge on any atom is -0.507 e. The van der Waals surface area contributed by atoms with E-state index in [1.165, 1.54) is 0 Å². The Kier molecular flexibility index (Phi) is 3.64. The lowest BCUT2D eigenvalue weighted by Crippen LogP contribution is -2.23. The van der Waals surface area contributed by atoms with Gasteiger partial charge in [-0.25, -0.2) is 0 Å². The fourth-order valence-electron chi connectivity index (χ4n) is 3.04. The molecule has 0 aliphatic heterocycles. The van der Waals surface area contributed by atoms with Crippen LogP contribution in [0.4, 0.5) is 0 Å². The third-order valence-corrected chi connectivity index (χ3v) is 4.22. The van der Waals surface area contributed by atoms with E-state index < -0.39 is 0 Å². The summed E-state index contributed by atoms with van der Waals surface area (Å²) in [5.41, 5.74) is 4.03. The number of phenols is 1. The first-order valence-electron chi connectivity index (χ1n) is 7.59. The van der Waals surface area contributed by atoms with Gasteiger partial charge < -0.3 is 5.11 Å². The van der Waals surface area contributed by atoms with Crippen molar-refractivity contribution in [2.24, 2.45) is 0 Å². The Morgan fingerprint density at radius 1 is 1.04 bits per heavy atom. The number of fused-ring (bicyclic) bond motifs is 2. The summed E-state index contributed by atoms with van der Waals surface area (Å²) in [5.74, 6) is -0.594. The van der Waals surface area contributed by atoms with Crippen LogP contribution in [0, 0.1) is 6.92 Å². The summed E-state index contributed by atoms with van der Waals surface area (Å²) in [6, 6.07) is 8.35. The van der Waals surface area contributed by atoms with Gasteiger partial charge in [-0.3, -0.25) is 9.59 Å². The summed E-state index contributed by atoms with van der Waals surface area (Å²) in [4.78, 5) is 25.7. The van der Waals surface area contributed by atoms with Crippen molar-refractivity contribution in [3.05, 3.63) is 75.4 Å². The molecule has 0 spiro atoms. The fourth-order valence-corrected chi connectivity index (χ4v) is 3.04. The molecule has 0 saturated carbocycles. The van der Waals surface area contributed by atoms with E-state index in [4.69, 9.17) is 0 Å². The van der Waals surface area contributed by atoms with Gasteiger partial charge >= 0.3 is 0 Å². The monoisotopic (exact) mass is 306 g/mol.